The molecule has 1 unspecified atom stereocenters. The predicted molar refractivity (Wildman–Crippen MR) is 67.0 cm³/mol. The average Bonchev–Trinajstić information content (AvgIpc) is 2.28. The van der Waals surface area contributed by atoms with Crippen molar-refractivity contribution in [1.29, 1.82) is 0 Å². The average molecular weight is 258 g/mol. The van der Waals surface area contributed by atoms with Gasteiger partial charge in [-0.3, -0.25) is 0 Å². The largest absolute Gasteiger partial charge is 0.399 e. The third-order valence-electron chi connectivity index (χ3n) is 2.48. The molecule has 0 saturated heterocycles. The minimum absolute atomic E-state index is 0.0389. The van der Waals surface area contributed by atoms with Crippen molar-refractivity contribution in [2.45, 2.75) is 30.7 Å². The lowest BCUT2D eigenvalue weighted by Gasteiger charge is -2.15. The fourth-order valence-electron chi connectivity index (χ4n) is 1.44. The first-order valence-corrected chi connectivity index (χ1v) is 6.96. The Bertz CT molecular complexity index is 442. The van der Waals surface area contributed by atoms with E-state index >= 15 is 0 Å². The summed E-state index contributed by atoms with van der Waals surface area (Å²) < 4.78 is 26.5. The second kappa shape index (κ2) is 6.00. The molecule has 6 heteroatoms. The molecular formula is C11H18N2O3S. The Labute approximate surface area is 102 Å². The van der Waals surface area contributed by atoms with Gasteiger partial charge in [0.2, 0.25) is 10.0 Å². The Balaban J connectivity index is 2.84. The highest BCUT2D eigenvalue weighted by Gasteiger charge is 2.18. The van der Waals surface area contributed by atoms with Crippen LogP contribution in [-0.2, 0) is 10.0 Å². The molecule has 4 N–H and O–H groups in total. The maximum absolute atomic E-state index is 12.0. The molecule has 17 heavy (non-hydrogen) atoms. The Kier molecular flexibility index (Phi) is 4.92. The number of hydrogen-bond donors (Lipinski definition) is 3. The molecule has 0 fully saturated rings. The molecule has 5 nitrogen and oxygen atoms in total. The van der Waals surface area contributed by atoms with Gasteiger partial charge < -0.3 is 10.8 Å². The molecule has 1 aromatic rings. The van der Waals surface area contributed by atoms with E-state index in [1.807, 2.05) is 6.92 Å². The fraction of sp³-hybridized carbons (Fsp3) is 0.455. The molecule has 0 amide bonds. The molecule has 0 aromatic heterocycles. The third kappa shape index (κ3) is 3.99. The van der Waals surface area contributed by atoms with Gasteiger partial charge in [-0.1, -0.05) is 6.92 Å². The molecule has 96 valence electrons. The number of aliphatic hydroxyl groups excluding tert-OH is 1. The second-order valence-electron chi connectivity index (χ2n) is 3.81. The van der Waals surface area contributed by atoms with E-state index in [9.17, 15) is 8.42 Å². The van der Waals surface area contributed by atoms with Gasteiger partial charge in [0.05, 0.1) is 4.90 Å². The number of hydrogen-bond acceptors (Lipinski definition) is 4. The first-order chi connectivity index (χ1) is 7.99. The van der Waals surface area contributed by atoms with Crippen LogP contribution in [0.15, 0.2) is 29.2 Å². The summed E-state index contributed by atoms with van der Waals surface area (Å²) >= 11 is 0. The van der Waals surface area contributed by atoms with E-state index in [2.05, 4.69) is 4.72 Å². The van der Waals surface area contributed by atoms with Crippen molar-refractivity contribution in [3.8, 4) is 0 Å². The van der Waals surface area contributed by atoms with Crippen LogP contribution in [0.25, 0.3) is 0 Å². The van der Waals surface area contributed by atoms with E-state index in [0.29, 0.717) is 18.5 Å². The monoisotopic (exact) mass is 258 g/mol. The van der Waals surface area contributed by atoms with Crippen LogP contribution in [0.3, 0.4) is 0 Å². The summed E-state index contributed by atoms with van der Waals surface area (Å²) in [4.78, 5) is 0.183. The highest BCUT2D eigenvalue weighted by Crippen LogP contribution is 2.13. The normalized spacial score (nSPS) is 13.5. The zero-order valence-corrected chi connectivity index (χ0v) is 10.6. The van der Waals surface area contributed by atoms with Gasteiger partial charge in [-0.25, -0.2) is 13.1 Å². The molecule has 1 aromatic carbocycles. The van der Waals surface area contributed by atoms with Gasteiger partial charge >= 0.3 is 0 Å². The SMILES string of the molecule is CCC(CCO)NS(=O)(=O)c1ccc(N)cc1. The van der Waals surface area contributed by atoms with Crippen LogP contribution >= 0.6 is 0 Å². The van der Waals surface area contributed by atoms with E-state index in [4.69, 9.17) is 10.8 Å². The van der Waals surface area contributed by atoms with E-state index in [1.54, 1.807) is 12.1 Å². The molecule has 0 heterocycles. The molecule has 1 atom stereocenters. The molecule has 0 spiro atoms. The Morgan fingerprint density at radius 1 is 1.35 bits per heavy atom. The fourth-order valence-corrected chi connectivity index (χ4v) is 2.79. The van der Waals surface area contributed by atoms with E-state index < -0.39 is 10.0 Å². The number of benzene rings is 1. The third-order valence-corrected chi connectivity index (χ3v) is 4.02. The van der Waals surface area contributed by atoms with Crippen LogP contribution in [-0.4, -0.2) is 26.2 Å². The first-order valence-electron chi connectivity index (χ1n) is 5.48. The lowest BCUT2D eigenvalue weighted by atomic mass is 10.2. The Hall–Kier alpha value is -1.11. The van der Waals surface area contributed by atoms with E-state index in [-0.39, 0.29) is 17.5 Å². The highest BCUT2D eigenvalue weighted by atomic mass is 32.2. The summed E-state index contributed by atoms with van der Waals surface area (Å²) in [6, 6.07) is 5.76. The van der Waals surface area contributed by atoms with Crippen molar-refractivity contribution in [2.75, 3.05) is 12.3 Å². The van der Waals surface area contributed by atoms with Crippen LogP contribution in [0.2, 0.25) is 0 Å². The lowest BCUT2D eigenvalue weighted by Crippen LogP contribution is -2.35. The van der Waals surface area contributed by atoms with Gasteiger partial charge in [-0.2, -0.15) is 0 Å². The van der Waals surface area contributed by atoms with Crippen molar-refractivity contribution in [3.05, 3.63) is 24.3 Å². The molecular weight excluding hydrogens is 240 g/mol. The molecule has 1 rings (SSSR count). The van der Waals surface area contributed by atoms with Gasteiger partial charge in [0, 0.05) is 18.3 Å². The number of nitrogens with one attached hydrogen (secondary N) is 1. The van der Waals surface area contributed by atoms with Crippen molar-refractivity contribution >= 4 is 15.7 Å². The first kappa shape index (κ1) is 14.0. The summed E-state index contributed by atoms with van der Waals surface area (Å²) in [7, 11) is -3.53. The van der Waals surface area contributed by atoms with Gasteiger partial charge in [-0.15, -0.1) is 0 Å². The molecule has 0 bridgehead atoms. The molecule has 0 radical (unpaired) electrons. The number of sulfonamides is 1. The number of aliphatic hydroxyl groups is 1. The van der Waals surface area contributed by atoms with Crippen LogP contribution in [0, 0.1) is 0 Å². The van der Waals surface area contributed by atoms with Gasteiger partial charge in [0.1, 0.15) is 0 Å². The smallest absolute Gasteiger partial charge is 0.240 e. The molecule has 0 aliphatic heterocycles. The lowest BCUT2D eigenvalue weighted by molar-refractivity contribution is 0.270. The number of rotatable bonds is 6. The molecule has 0 aliphatic carbocycles. The van der Waals surface area contributed by atoms with E-state index in [1.165, 1.54) is 12.1 Å². The maximum Gasteiger partial charge on any atom is 0.240 e. The van der Waals surface area contributed by atoms with Gasteiger partial charge in [0.15, 0.2) is 0 Å². The van der Waals surface area contributed by atoms with Crippen LogP contribution < -0.4 is 10.5 Å². The second-order valence-corrected chi connectivity index (χ2v) is 5.52. The van der Waals surface area contributed by atoms with Crippen LogP contribution in [0.5, 0.6) is 0 Å². The van der Waals surface area contributed by atoms with Crippen molar-refractivity contribution in [1.82, 2.24) is 4.72 Å². The zero-order valence-electron chi connectivity index (χ0n) is 9.76. The Morgan fingerprint density at radius 3 is 2.41 bits per heavy atom. The van der Waals surface area contributed by atoms with Gasteiger partial charge in [-0.05, 0) is 37.1 Å². The highest BCUT2D eigenvalue weighted by molar-refractivity contribution is 7.89. The minimum Gasteiger partial charge on any atom is -0.399 e. The summed E-state index contributed by atoms with van der Waals surface area (Å²) in [6.07, 6.45) is 1.04. The van der Waals surface area contributed by atoms with Gasteiger partial charge in [0.25, 0.3) is 0 Å². The zero-order chi connectivity index (χ0) is 12.9. The minimum atomic E-state index is -3.53. The topological polar surface area (TPSA) is 92.4 Å². The van der Waals surface area contributed by atoms with Crippen LogP contribution in [0.1, 0.15) is 19.8 Å². The standard InChI is InChI=1S/C11H18N2O3S/c1-2-10(7-8-14)13-17(15,16)11-5-3-9(12)4-6-11/h3-6,10,13-14H,2,7-8,12H2,1H3. The number of nitrogens with two attached hydrogens (primary N) is 1. The quantitative estimate of drug-likeness (QED) is 0.655. The van der Waals surface area contributed by atoms with E-state index in [0.717, 1.165) is 0 Å². The predicted octanol–water partition coefficient (Wildman–Crippen LogP) is 0.708. The summed E-state index contributed by atoms with van der Waals surface area (Å²) in [6.45, 7) is 1.83. The van der Waals surface area contributed by atoms with Crippen molar-refractivity contribution < 1.29 is 13.5 Å². The van der Waals surface area contributed by atoms with Crippen molar-refractivity contribution in [2.24, 2.45) is 0 Å². The van der Waals surface area contributed by atoms with Crippen molar-refractivity contribution in [3.63, 3.8) is 0 Å². The summed E-state index contributed by atoms with van der Waals surface area (Å²) in [5.74, 6) is 0. The van der Waals surface area contributed by atoms with Crippen LogP contribution in [0.4, 0.5) is 5.69 Å². The Morgan fingerprint density at radius 2 is 1.94 bits per heavy atom. The summed E-state index contributed by atoms with van der Waals surface area (Å²) in [5.41, 5.74) is 6.02. The maximum atomic E-state index is 12.0. The number of anilines is 1. The summed E-state index contributed by atoms with van der Waals surface area (Å²) in [5, 5.41) is 8.82. The number of nitrogen functional groups attached to an aromatic ring is 1. The molecule has 0 saturated carbocycles. The molecule has 0 aliphatic rings.